The number of aryl methyl sites for hydroxylation is 2. The van der Waals surface area contributed by atoms with Crippen LogP contribution in [0.25, 0.3) is 11.1 Å². The number of hydrogen-bond acceptors (Lipinski definition) is 3. The van der Waals surface area contributed by atoms with Crippen LogP contribution >= 0.6 is 0 Å². The Labute approximate surface area is 163 Å². The molecular weight excluding hydrogens is 355 g/mol. The summed E-state index contributed by atoms with van der Waals surface area (Å²) in [4.78, 5) is 23.1. The molecule has 146 valence electrons. The SMILES string of the molecule is CCn1c2c(cc(-c3ccc(C)c(F)c3)c1=O)CN(Cc1ncc(C)[nH]1)CC2. The highest BCUT2D eigenvalue weighted by molar-refractivity contribution is 5.64. The Balaban J connectivity index is 1.72. The predicted molar refractivity (Wildman–Crippen MR) is 108 cm³/mol. The highest BCUT2D eigenvalue weighted by Gasteiger charge is 2.22. The van der Waals surface area contributed by atoms with Gasteiger partial charge in [0, 0.05) is 49.2 Å². The van der Waals surface area contributed by atoms with Gasteiger partial charge < -0.3 is 9.55 Å². The van der Waals surface area contributed by atoms with E-state index in [2.05, 4.69) is 14.9 Å². The molecule has 0 radical (unpaired) electrons. The topological polar surface area (TPSA) is 53.9 Å². The number of halogens is 1. The summed E-state index contributed by atoms with van der Waals surface area (Å²) in [7, 11) is 0. The fraction of sp³-hybridized carbons (Fsp3) is 0.364. The Morgan fingerprint density at radius 3 is 2.75 bits per heavy atom. The van der Waals surface area contributed by atoms with Crippen LogP contribution in [0.1, 0.15) is 35.3 Å². The van der Waals surface area contributed by atoms with Crippen LogP contribution in [0, 0.1) is 19.7 Å². The van der Waals surface area contributed by atoms with Crippen LogP contribution in [0.2, 0.25) is 0 Å². The molecule has 0 saturated heterocycles. The molecule has 1 aromatic carbocycles. The highest BCUT2D eigenvalue weighted by Crippen LogP contribution is 2.25. The lowest BCUT2D eigenvalue weighted by molar-refractivity contribution is 0.235. The fourth-order valence-electron chi connectivity index (χ4n) is 3.97. The number of nitrogens with one attached hydrogen (secondary N) is 1. The average Bonchev–Trinajstić information content (AvgIpc) is 3.08. The van der Waals surface area contributed by atoms with E-state index in [1.54, 1.807) is 13.0 Å². The largest absolute Gasteiger partial charge is 0.345 e. The van der Waals surface area contributed by atoms with Crippen LogP contribution in [0.4, 0.5) is 4.39 Å². The molecule has 0 saturated carbocycles. The zero-order chi connectivity index (χ0) is 19.8. The number of hydrogen-bond donors (Lipinski definition) is 1. The second-order valence-electron chi connectivity index (χ2n) is 7.52. The second kappa shape index (κ2) is 7.36. The quantitative estimate of drug-likeness (QED) is 0.753. The summed E-state index contributed by atoms with van der Waals surface area (Å²) in [6, 6.07) is 6.97. The standard InChI is InChI=1S/C22H25FN4O/c1-4-27-20-7-8-26(13-21-24-11-15(3)25-21)12-17(20)9-18(22(27)28)16-6-5-14(2)19(23)10-16/h5-6,9-11H,4,7-8,12-13H2,1-3H3,(H,24,25). The van der Waals surface area contributed by atoms with E-state index in [0.717, 1.165) is 48.8 Å². The maximum atomic E-state index is 14.1. The van der Waals surface area contributed by atoms with Gasteiger partial charge in [-0.1, -0.05) is 12.1 Å². The third-order valence-electron chi connectivity index (χ3n) is 5.48. The number of imidazole rings is 1. The van der Waals surface area contributed by atoms with Crippen LogP contribution < -0.4 is 5.56 Å². The minimum absolute atomic E-state index is 0.0420. The molecule has 2 aromatic heterocycles. The van der Waals surface area contributed by atoms with Crippen molar-refractivity contribution in [2.45, 2.75) is 46.8 Å². The summed E-state index contributed by atoms with van der Waals surface area (Å²) >= 11 is 0. The lowest BCUT2D eigenvalue weighted by Crippen LogP contribution is -2.36. The molecule has 0 atom stereocenters. The van der Waals surface area contributed by atoms with Gasteiger partial charge in [0.25, 0.3) is 5.56 Å². The summed E-state index contributed by atoms with van der Waals surface area (Å²) in [6.07, 6.45) is 2.66. The minimum atomic E-state index is -0.285. The molecular formula is C22H25FN4O. The number of fused-ring (bicyclic) bond motifs is 1. The second-order valence-corrected chi connectivity index (χ2v) is 7.52. The molecule has 0 fully saturated rings. The third-order valence-corrected chi connectivity index (χ3v) is 5.48. The average molecular weight is 380 g/mol. The van der Waals surface area contributed by atoms with E-state index >= 15 is 0 Å². The van der Waals surface area contributed by atoms with Crippen LogP contribution in [0.3, 0.4) is 0 Å². The van der Waals surface area contributed by atoms with Gasteiger partial charge in [0.05, 0.1) is 6.54 Å². The van der Waals surface area contributed by atoms with Crippen molar-refractivity contribution in [3.05, 3.63) is 75.0 Å². The molecule has 0 unspecified atom stereocenters. The highest BCUT2D eigenvalue weighted by atomic mass is 19.1. The summed E-state index contributed by atoms with van der Waals surface area (Å²) in [5.41, 5.74) is 5.02. The number of pyridine rings is 1. The van der Waals surface area contributed by atoms with Crippen molar-refractivity contribution in [3.8, 4) is 11.1 Å². The van der Waals surface area contributed by atoms with E-state index in [4.69, 9.17) is 0 Å². The zero-order valence-electron chi connectivity index (χ0n) is 16.6. The Hall–Kier alpha value is -2.73. The lowest BCUT2D eigenvalue weighted by atomic mass is 9.98. The van der Waals surface area contributed by atoms with Gasteiger partial charge in [0.1, 0.15) is 11.6 Å². The summed E-state index contributed by atoms with van der Waals surface area (Å²) in [5.74, 6) is 0.665. The van der Waals surface area contributed by atoms with E-state index in [9.17, 15) is 9.18 Å². The molecule has 0 bridgehead atoms. The van der Waals surface area contributed by atoms with E-state index in [0.29, 0.717) is 23.2 Å². The van der Waals surface area contributed by atoms with Gasteiger partial charge in [-0.3, -0.25) is 9.69 Å². The Bertz CT molecular complexity index is 1080. The van der Waals surface area contributed by atoms with Crippen molar-refractivity contribution in [1.29, 1.82) is 0 Å². The van der Waals surface area contributed by atoms with Crippen molar-refractivity contribution in [3.63, 3.8) is 0 Å². The van der Waals surface area contributed by atoms with Crippen molar-refractivity contribution in [2.24, 2.45) is 0 Å². The van der Waals surface area contributed by atoms with Crippen LogP contribution in [-0.4, -0.2) is 26.0 Å². The molecule has 3 aromatic rings. The van der Waals surface area contributed by atoms with Gasteiger partial charge in [-0.15, -0.1) is 0 Å². The smallest absolute Gasteiger partial charge is 0.258 e. The van der Waals surface area contributed by atoms with Gasteiger partial charge in [0.15, 0.2) is 0 Å². The predicted octanol–water partition coefficient (Wildman–Crippen LogP) is 3.57. The Kier molecular flexibility index (Phi) is 4.89. The monoisotopic (exact) mass is 380 g/mol. The Morgan fingerprint density at radius 2 is 2.07 bits per heavy atom. The van der Waals surface area contributed by atoms with Crippen LogP contribution in [-0.2, 0) is 26.1 Å². The minimum Gasteiger partial charge on any atom is -0.345 e. The third kappa shape index (κ3) is 3.40. The van der Waals surface area contributed by atoms with Gasteiger partial charge >= 0.3 is 0 Å². The molecule has 6 heteroatoms. The first-order valence-corrected chi connectivity index (χ1v) is 9.71. The molecule has 1 aliphatic rings. The van der Waals surface area contributed by atoms with Gasteiger partial charge in [-0.25, -0.2) is 9.37 Å². The molecule has 3 heterocycles. The van der Waals surface area contributed by atoms with E-state index < -0.39 is 0 Å². The van der Waals surface area contributed by atoms with E-state index in [-0.39, 0.29) is 11.4 Å². The molecule has 4 rings (SSSR count). The first-order valence-electron chi connectivity index (χ1n) is 9.71. The van der Waals surface area contributed by atoms with Crippen molar-refractivity contribution in [1.82, 2.24) is 19.4 Å². The van der Waals surface area contributed by atoms with Crippen molar-refractivity contribution in [2.75, 3.05) is 6.54 Å². The number of H-pyrrole nitrogens is 1. The van der Waals surface area contributed by atoms with E-state index in [1.807, 2.05) is 36.7 Å². The van der Waals surface area contributed by atoms with Gasteiger partial charge in [0.2, 0.25) is 0 Å². The number of aromatic amines is 1. The first kappa shape index (κ1) is 18.6. The van der Waals surface area contributed by atoms with Crippen molar-refractivity contribution >= 4 is 0 Å². The molecule has 1 N–H and O–H groups in total. The molecule has 1 aliphatic heterocycles. The zero-order valence-corrected chi connectivity index (χ0v) is 16.6. The number of aromatic nitrogens is 3. The number of benzene rings is 1. The molecule has 5 nitrogen and oxygen atoms in total. The van der Waals surface area contributed by atoms with Crippen LogP contribution in [0.5, 0.6) is 0 Å². The van der Waals surface area contributed by atoms with Gasteiger partial charge in [-0.2, -0.15) is 0 Å². The first-order chi connectivity index (χ1) is 13.5. The van der Waals surface area contributed by atoms with Crippen molar-refractivity contribution < 1.29 is 4.39 Å². The van der Waals surface area contributed by atoms with E-state index in [1.165, 1.54) is 6.07 Å². The normalized spacial score (nSPS) is 14.3. The molecule has 0 spiro atoms. The maximum Gasteiger partial charge on any atom is 0.258 e. The van der Waals surface area contributed by atoms with Gasteiger partial charge in [-0.05, 0) is 49.6 Å². The lowest BCUT2D eigenvalue weighted by Gasteiger charge is -2.30. The summed E-state index contributed by atoms with van der Waals surface area (Å²) < 4.78 is 15.9. The number of rotatable bonds is 4. The number of nitrogens with zero attached hydrogens (tertiary/aromatic N) is 3. The van der Waals surface area contributed by atoms with Crippen LogP contribution in [0.15, 0.2) is 35.3 Å². The molecule has 28 heavy (non-hydrogen) atoms. The Morgan fingerprint density at radius 1 is 1.25 bits per heavy atom. The fourth-order valence-corrected chi connectivity index (χ4v) is 3.97. The summed E-state index contributed by atoms with van der Waals surface area (Å²) in [6.45, 7) is 8.69. The molecule has 0 aliphatic carbocycles. The summed E-state index contributed by atoms with van der Waals surface area (Å²) in [5, 5.41) is 0. The maximum absolute atomic E-state index is 14.1. The molecule has 0 amide bonds.